The third kappa shape index (κ3) is 2.55. The summed E-state index contributed by atoms with van der Waals surface area (Å²) >= 11 is 5.96. The number of ketones is 1. The molecule has 1 saturated heterocycles. The van der Waals surface area contributed by atoms with Gasteiger partial charge in [0.25, 0.3) is 0 Å². The van der Waals surface area contributed by atoms with Crippen molar-refractivity contribution in [2.24, 2.45) is 0 Å². The van der Waals surface area contributed by atoms with Gasteiger partial charge in [-0.2, -0.15) is 0 Å². The van der Waals surface area contributed by atoms with Gasteiger partial charge in [0.15, 0.2) is 5.78 Å². The Bertz CT molecular complexity index is 515. The number of nitrogens with zero attached hydrogens (tertiary/aromatic N) is 1. The van der Waals surface area contributed by atoms with Crippen LogP contribution in [-0.4, -0.2) is 29.1 Å². The Balaban J connectivity index is 2.44. The average Bonchev–Trinajstić information content (AvgIpc) is 2.47. The first-order valence-electron chi connectivity index (χ1n) is 6.16. The second kappa shape index (κ2) is 4.58. The molecule has 0 aliphatic carbocycles. The normalized spacial score (nSPS) is 20.6. The fourth-order valence-electron chi connectivity index (χ4n) is 1.90. The molecule has 6 heteroatoms. The molecule has 4 nitrogen and oxygen atoms in total. The molecule has 0 amide bonds. The molecule has 0 unspecified atom stereocenters. The molecule has 1 aromatic heterocycles. The minimum atomic E-state index is -0.630. The number of carbonyl (C=O) groups excluding carboxylic acids is 1. The highest BCUT2D eigenvalue weighted by atomic mass is 35.5. The van der Waals surface area contributed by atoms with E-state index in [1.165, 1.54) is 13.1 Å². The molecule has 0 saturated carbocycles. The van der Waals surface area contributed by atoms with Gasteiger partial charge >= 0.3 is 7.12 Å². The minimum absolute atomic E-state index is 0.138. The second-order valence-electron chi connectivity index (χ2n) is 5.74. The molecule has 0 spiro atoms. The molecule has 102 valence electrons. The summed E-state index contributed by atoms with van der Waals surface area (Å²) < 4.78 is 11.8. The van der Waals surface area contributed by atoms with Crippen molar-refractivity contribution in [3.8, 4) is 0 Å². The molecule has 1 aromatic rings. The molecule has 2 heterocycles. The van der Waals surface area contributed by atoms with Crippen molar-refractivity contribution in [2.75, 3.05) is 0 Å². The van der Waals surface area contributed by atoms with Crippen LogP contribution < -0.4 is 5.46 Å². The van der Waals surface area contributed by atoms with Gasteiger partial charge in [-0.05, 0) is 33.8 Å². The van der Waals surface area contributed by atoms with E-state index < -0.39 is 18.3 Å². The summed E-state index contributed by atoms with van der Waals surface area (Å²) in [6.07, 6.45) is 1.45. The van der Waals surface area contributed by atoms with Crippen LogP contribution in [0, 0.1) is 0 Å². The molecule has 0 N–H and O–H groups in total. The topological polar surface area (TPSA) is 48.4 Å². The van der Waals surface area contributed by atoms with Crippen LogP contribution in [0.2, 0.25) is 5.02 Å². The van der Waals surface area contributed by atoms with Gasteiger partial charge in [-0.25, -0.2) is 0 Å². The van der Waals surface area contributed by atoms with Crippen LogP contribution in [0.5, 0.6) is 0 Å². The Kier molecular flexibility index (Phi) is 3.50. The predicted molar refractivity (Wildman–Crippen MR) is 75.0 cm³/mol. The first-order valence-corrected chi connectivity index (χ1v) is 6.54. The van der Waals surface area contributed by atoms with Gasteiger partial charge in [0.1, 0.15) is 5.69 Å². The van der Waals surface area contributed by atoms with Crippen molar-refractivity contribution in [2.45, 2.75) is 45.8 Å². The quantitative estimate of drug-likeness (QED) is 0.616. The highest BCUT2D eigenvalue weighted by Crippen LogP contribution is 2.36. The minimum Gasteiger partial charge on any atom is -0.399 e. The number of hydrogen-bond acceptors (Lipinski definition) is 4. The van der Waals surface area contributed by atoms with E-state index in [2.05, 4.69) is 4.98 Å². The van der Waals surface area contributed by atoms with E-state index in [0.29, 0.717) is 16.2 Å². The lowest BCUT2D eigenvalue weighted by Gasteiger charge is -2.32. The second-order valence-corrected chi connectivity index (χ2v) is 6.17. The smallest absolute Gasteiger partial charge is 0.399 e. The maximum Gasteiger partial charge on any atom is 0.497 e. The summed E-state index contributed by atoms with van der Waals surface area (Å²) in [5.41, 5.74) is -0.0104. The SMILES string of the molecule is CC(=O)c1ncc(Cl)cc1B1OC(C)(C)C(C)(C)O1. The Labute approximate surface area is 118 Å². The molecule has 0 bridgehead atoms. The molecular weight excluding hydrogens is 264 g/mol. The molecule has 1 aliphatic rings. The molecule has 1 fully saturated rings. The number of pyridine rings is 1. The van der Waals surface area contributed by atoms with Gasteiger partial charge in [-0.3, -0.25) is 9.78 Å². The van der Waals surface area contributed by atoms with Crippen LogP contribution in [0.4, 0.5) is 0 Å². The monoisotopic (exact) mass is 281 g/mol. The Morgan fingerprint density at radius 3 is 2.26 bits per heavy atom. The van der Waals surface area contributed by atoms with Crippen molar-refractivity contribution in [1.29, 1.82) is 0 Å². The molecule has 2 rings (SSSR count). The number of hydrogen-bond donors (Lipinski definition) is 0. The van der Waals surface area contributed by atoms with Crippen molar-refractivity contribution in [3.63, 3.8) is 0 Å². The van der Waals surface area contributed by atoms with Gasteiger partial charge < -0.3 is 9.31 Å². The highest BCUT2D eigenvalue weighted by Gasteiger charge is 2.52. The van der Waals surface area contributed by atoms with E-state index in [1.54, 1.807) is 6.07 Å². The average molecular weight is 282 g/mol. The van der Waals surface area contributed by atoms with Crippen LogP contribution in [0.1, 0.15) is 45.1 Å². The fraction of sp³-hybridized carbons (Fsp3) is 0.538. The fourth-order valence-corrected chi connectivity index (χ4v) is 2.07. The summed E-state index contributed by atoms with van der Waals surface area (Å²) in [4.78, 5) is 15.7. The maximum atomic E-state index is 11.6. The van der Waals surface area contributed by atoms with E-state index in [1.807, 2.05) is 27.7 Å². The number of rotatable bonds is 2. The molecule has 0 atom stereocenters. The molecule has 1 aliphatic heterocycles. The van der Waals surface area contributed by atoms with Crippen LogP contribution in [0.15, 0.2) is 12.3 Å². The zero-order valence-electron chi connectivity index (χ0n) is 11.8. The van der Waals surface area contributed by atoms with Gasteiger partial charge in [0, 0.05) is 18.6 Å². The van der Waals surface area contributed by atoms with E-state index in [9.17, 15) is 4.79 Å². The van der Waals surface area contributed by atoms with E-state index in [4.69, 9.17) is 20.9 Å². The number of halogens is 1. The van der Waals surface area contributed by atoms with Gasteiger partial charge in [-0.1, -0.05) is 11.6 Å². The molecule has 0 radical (unpaired) electrons. The number of aromatic nitrogens is 1. The third-order valence-electron chi connectivity index (χ3n) is 3.72. The lowest BCUT2D eigenvalue weighted by Crippen LogP contribution is -2.41. The van der Waals surface area contributed by atoms with Crippen molar-refractivity contribution < 1.29 is 14.1 Å². The Hall–Kier alpha value is -0.905. The Morgan fingerprint density at radius 1 is 1.26 bits per heavy atom. The first kappa shape index (κ1) is 14.5. The lowest BCUT2D eigenvalue weighted by atomic mass is 9.77. The summed E-state index contributed by atoms with van der Waals surface area (Å²) in [5.74, 6) is -0.138. The van der Waals surface area contributed by atoms with Gasteiger partial charge in [0.05, 0.1) is 16.2 Å². The Morgan fingerprint density at radius 2 is 1.79 bits per heavy atom. The van der Waals surface area contributed by atoms with Crippen molar-refractivity contribution in [3.05, 3.63) is 23.0 Å². The number of carbonyl (C=O) groups is 1. The lowest BCUT2D eigenvalue weighted by molar-refractivity contribution is 0.00578. The van der Waals surface area contributed by atoms with Crippen molar-refractivity contribution in [1.82, 2.24) is 4.98 Å². The van der Waals surface area contributed by atoms with E-state index in [-0.39, 0.29) is 5.78 Å². The zero-order chi connectivity index (χ0) is 14.4. The van der Waals surface area contributed by atoms with Crippen LogP contribution in [-0.2, 0) is 9.31 Å². The largest absolute Gasteiger partial charge is 0.497 e. The van der Waals surface area contributed by atoms with Crippen LogP contribution in [0.25, 0.3) is 0 Å². The van der Waals surface area contributed by atoms with E-state index >= 15 is 0 Å². The zero-order valence-corrected chi connectivity index (χ0v) is 12.5. The number of Topliss-reactive ketones (excluding diaryl/α,β-unsaturated/α-hetero) is 1. The first-order chi connectivity index (χ1) is 8.64. The summed E-state index contributed by atoms with van der Waals surface area (Å²) in [7, 11) is -0.630. The summed E-state index contributed by atoms with van der Waals surface area (Å²) in [6, 6.07) is 1.67. The standard InChI is InChI=1S/C13H17BClNO3/c1-8(17)11-10(6-9(15)7-16-11)14-18-12(2,3)13(4,5)19-14/h6-7H,1-5H3. The van der Waals surface area contributed by atoms with Crippen molar-refractivity contribution >= 4 is 30.0 Å². The summed E-state index contributed by atoms with van der Waals surface area (Å²) in [5, 5.41) is 0.453. The van der Waals surface area contributed by atoms with Gasteiger partial charge in [0.2, 0.25) is 0 Å². The summed E-state index contributed by atoms with van der Waals surface area (Å²) in [6.45, 7) is 9.29. The van der Waals surface area contributed by atoms with Gasteiger partial charge in [-0.15, -0.1) is 0 Å². The maximum absolute atomic E-state index is 11.6. The predicted octanol–water partition coefficient (Wildman–Crippen LogP) is 2.24. The molecule has 19 heavy (non-hydrogen) atoms. The van der Waals surface area contributed by atoms with E-state index in [0.717, 1.165) is 0 Å². The van der Waals surface area contributed by atoms with Crippen LogP contribution >= 0.6 is 11.6 Å². The highest BCUT2D eigenvalue weighted by molar-refractivity contribution is 6.63. The molecular formula is C13H17BClNO3. The third-order valence-corrected chi connectivity index (χ3v) is 3.93. The molecule has 0 aromatic carbocycles. The van der Waals surface area contributed by atoms with Crippen LogP contribution in [0.3, 0.4) is 0 Å².